The van der Waals surface area contributed by atoms with E-state index in [1.807, 2.05) is 0 Å². The zero-order valence-electron chi connectivity index (χ0n) is 13.7. The Balaban J connectivity index is 2.17. The quantitative estimate of drug-likeness (QED) is 0.454. The summed E-state index contributed by atoms with van der Waals surface area (Å²) in [7, 11) is -8.27. The summed E-state index contributed by atoms with van der Waals surface area (Å²) in [5, 5.41) is 21.6. The molecule has 0 aliphatic rings. The molecule has 3 rings (SSSR count). The molecule has 1 unspecified atom stereocenters. The van der Waals surface area contributed by atoms with Gasteiger partial charge in [-0.25, -0.2) is 4.21 Å². The SMILES string of the molecule is CS(=O)(=NS(=O)(=O)c1ccccc1[N+](=O)[O-])c1nnnn1-c1ccccc1. The van der Waals surface area contributed by atoms with Crippen molar-refractivity contribution in [2.45, 2.75) is 10.1 Å². The maximum Gasteiger partial charge on any atom is 0.297 e. The van der Waals surface area contributed by atoms with E-state index in [9.17, 15) is 22.7 Å². The number of benzene rings is 2. The van der Waals surface area contributed by atoms with Crippen molar-refractivity contribution in [3.05, 3.63) is 64.7 Å². The highest BCUT2D eigenvalue weighted by molar-refractivity contribution is 8.02. The minimum Gasteiger partial charge on any atom is -0.258 e. The standard InChI is InChI=1S/C14H12N6O5S2/c1-26(23,14-15-16-17-19(14)11-7-3-2-4-8-11)18-27(24,25)13-10-6-5-9-12(13)20(21)22/h2-10H,1H3. The van der Waals surface area contributed by atoms with Crippen molar-refractivity contribution in [3.63, 3.8) is 0 Å². The molecular formula is C14H12N6O5S2. The normalized spacial score (nSPS) is 13.7. The molecule has 140 valence electrons. The summed E-state index contributed by atoms with van der Waals surface area (Å²) >= 11 is 0. The summed E-state index contributed by atoms with van der Waals surface area (Å²) in [6, 6.07) is 13.1. The molecule has 1 atom stereocenters. The van der Waals surface area contributed by atoms with Crippen LogP contribution in [0.25, 0.3) is 5.69 Å². The van der Waals surface area contributed by atoms with Crippen molar-refractivity contribution in [3.8, 4) is 5.69 Å². The van der Waals surface area contributed by atoms with Crippen LogP contribution in [0.4, 0.5) is 5.69 Å². The van der Waals surface area contributed by atoms with Crippen LogP contribution in [0.3, 0.4) is 0 Å². The molecule has 11 nitrogen and oxygen atoms in total. The Morgan fingerprint density at radius 2 is 1.67 bits per heavy atom. The van der Waals surface area contributed by atoms with Gasteiger partial charge in [-0.1, -0.05) is 39.2 Å². The molecule has 0 bridgehead atoms. The lowest BCUT2D eigenvalue weighted by molar-refractivity contribution is -0.387. The van der Waals surface area contributed by atoms with Crippen LogP contribution in [0.15, 0.2) is 68.4 Å². The largest absolute Gasteiger partial charge is 0.297 e. The van der Waals surface area contributed by atoms with Gasteiger partial charge < -0.3 is 0 Å². The Morgan fingerprint density at radius 3 is 2.33 bits per heavy atom. The predicted molar refractivity (Wildman–Crippen MR) is 94.2 cm³/mol. The molecule has 3 aromatic rings. The van der Waals surface area contributed by atoms with Crippen LogP contribution in [-0.4, -0.2) is 44.0 Å². The number of tetrazole rings is 1. The maximum absolute atomic E-state index is 13.0. The molecule has 1 heterocycles. The zero-order chi connectivity index (χ0) is 19.7. The molecule has 1 aromatic heterocycles. The molecule has 13 heteroatoms. The number of rotatable bonds is 5. The number of para-hydroxylation sites is 2. The smallest absolute Gasteiger partial charge is 0.258 e. The lowest BCUT2D eigenvalue weighted by atomic mass is 10.3. The van der Waals surface area contributed by atoms with Gasteiger partial charge in [0.05, 0.1) is 10.6 Å². The van der Waals surface area contributed by atoms with E-state index in [1.54, 1.807) is 30.3 Å². The predicted octanol–water partition coefficient (Wildman–Crippen LogP) is 1.42. The summed E-state index contributed by atoms with van der Waals surface area (Å²) in [4.78, 5) is 9.58. The van der Waals surface area contributed by atoms with Crippen LogP contribution >= 0.6 is 0 Å². The lowest BCUT2D eigenvalue weighted by Gasteiger charge is -2.06. The first-order chi connectivity index (χ1) is 12.7. The number of sulfonamides is 1. The molecule has 27 heavy (non-hydrogen) atoms. The number of aromatic nitrogens is 4. The summed E-state index contributed by atoms with van der Waals surface area (Å²) in [5.74, 6) is 0. The Bertz CT molecular complexity index is 1230. The molecule has 2 aromatic carbocycles. The van der Waals surface area contributed by atoms with E-state index in [0.717, 1.165) is 23.1 Å². The van der Waals surface area contributed by atoms with Crippen LogP contribution in [0.2, 0.25) is 0 Å². The van der Waals surface area contributed by atoms with Crippen molar-refractivity contribution in [1.82, 2.24) is 20.2 Å². The lowest BCUT2D eigenvalue weighted by Crippen LogP contribution is -2.12. The third-order valence-corrected chi connectivity index (χ3v) is 7.12. The Labute approximate surface area is 154 Å². The monoisotopic (exact) mass is 408 g/mol. The molecule has 0 fully saturated rings. The fourth-order valence-corrected chi connectivity index (χ4v) is 5.63. The third kappa shape index (κ3) is 3.68. The van der Waals surface area contributed by atoms with Gasteiger partial charge in [-0.3, -0.25) is 10.1 Å². The van der Waals surface area contributed by atoms with Gasteiger partial charge in [0.1, 0.15) is 9.73 Å². The van der Waals surface area contributed by atoms with Crippen molar-refractivity contribution in [1.29, 1.82) is 0 Å². The van der Waals surface area contributed by atoms with Crippen molar-refractivity contribution in [2.24, 2.45) is 3.77 Å². The topological polar surface area (TPSA) is 150 Å². The minimum absolute atomic E-state index is 0.296. The molecular weight excluding hydrogens is 396 g/mol. The average Bonchev–Trinajstić information content (AvgIpc) is 3.12. The Morgan fingerprint density at radius 1 is 1.04 bits per heavy atom. The molecule has 0 spiro atoms. The summed E-state index contributed by atoms with van der Waals surface area (Å²) < 4.78 is 42.7. The Kier molecular flexibility index (Phi) is 4.72. The van der Waals surface area contributed by atoms with Crippen molar-refractivity contribution in [2.75, 3.05) is 6.26 Å². The van der Waals surface area contributed by atoms with Crippen LogP contribution in [0, 0.1) is 10.1 Å². The van der Waals surface area contributed by atoms with Gasteiger partial charge in [0.2, 0.25) is 0 Å². The number of nitro benzene ring substituents is 1. The van der Waals surface area contributed by atoms with Gasteiger partial charge >= 0.3 is 0 Å². The molecule has 0 saturated heterocycles. The number of hydrogen-bond acceptors (Lipinski definition) is 8. The Hall–Kier alpha value is -3.19. The fourth-order valence-electron chi connectivity index (χ4n) is 2.23. The highest BCUT2D eigenvalue weighted by Gasteiger charge is 2.28. The highest BCUT2D eigenvalue weighted by Crippen LogP contribution is 2.26. The summed E-state index contributed by atoms with van der Waals surface area (Å²) in [6.45, 7) is 0. The van der Waals surface area contributed by atoms with Crippen LogP contribution < -0.4 is 0 Å². The number of nitrogens with zero attached hydrogens (tertiary/aromatic N) is 6. The van der Waals surface area contributed by atoms with Crippen LogP contribution in [0.5, 0.6) is 0 Å². The summed E-state index contributed by atoms with van der Waals surface area (Å²) in [6.07, 6.45) is 1.05. The number of hydrogen-bond donors (Lipinski definition) is 0. The van der Waals surface area contributed by atoms with E-state index in [0.29, 0.717) is 5.69 Å². The van der Waals surface area contributed by atoms with Crippen molar-refractivity contribution >= 4 is 25.4 Å². The second-order valence-electron chi connectivity index (χ2n) is 5.29. The van der Waals surface area contributed by atoms with E-state index in [4.69, 9.17) is 0 Å². The first-order valence-corrected chi connectivity index (χ1v) is 10.6. The second kappa shape index (κ2) is 6.85. The van der Waals surface area contributed by atoms with E-state index in [2.05, 4.69) is 19.3 Å². The summed E-state index contributed by atoms with van der Waals surface area (Å²) in [5.41, 5.74) is -0.218. The van der Waals surface area contributed by atoms with E-state index < -0.39 is 35.3 Å². The molecule has 0 N–H and O–H groups in total. The van der Waals surface area contributed by atoms with Crippen LogP contribution in [-0.2, 0) is 19.8 Å². The maximum atomic E-state index is 13.0. The van der Waals surface area contributed by atoms with Gasteiger partial charge in [0.15, 0.2) is 4.90 Å². The number of nitro groups is 1. The van der Waals surface area contributed by atoms with E-state index >= 15 is 0 Å². The van der Waals surface area contributed by atoms with Crippen molar-refractivity contribution < 1.29 is 17.6 Å². The highest BCUT2D eigenvalue weighted by atomic mass is 32.3. The second-order valence-corrected chi connectivity index (χ2v) is 9.24. The minimum atomic E-state index is -4.62. The molecule has 0 aliphatic heterocycles. The van der Waals surface area contributed by atoms with Gasteiger partial charge in [0, 0.05) is 12.3 Å². The van der Waals surface area contributed by atoms with Gasteiger partial charge in [-0.2, -0.15) is 13.1 Å². The molecule has 0 amide bonds. The van der Waals surface area contributed by atoms with Gasteiger partial charge in [-0.15, -0.1) is 0 Å². The van der Waals surface area contributed by atoms with E-state index in [1.165, 1.54) is 12.1 Å². The third-order valence-electron chi connectivity index (χ3n) is 3.36. The van der Waals surface area contributed by atoms with E-state index in [-0.39, 0.29) is 5.16 Å². The van der Waals surface area contributed by atoms with Gasteiger partial charge in [-0.05, 0) is 28.6 Å². The van der Waals surface area contributed by atoms with Gasteiger partial charge in [0.25, 0.3) is 20.9 Å². The average molecular weight is 408 g/mol. The first-order valence-electron chi connectivity index (χ1n) is 7.28. The molecule has 0 radical (unpaired) electrons. The molecule has 0 aliphatic carbocycles. The molecule has 0 saturated carbocycles. The first kappa shape index (κ1) is 18.6. The van der Waals surface area contributed by atoms with Crippen LogP contribution in [0.1, 0.15) is 0 Å². The fraction of sp³-hybridized carbons (Fsp3) is 0.0714. The zero-order valence-corrected chi connectivity index (χ0v) is 15.4.